The van der Waals surface area contributed by atoms with E-state index in [-0.39, 0.29) is 5.69 Å². The highest BCUT2D eigenvalue weighted by Gasteiger charge is 2.17. The second-order valence-corrected chi connectivity index (χ2v) is 5.85. The summed E-state index contributed by atoms with van der Waals surface area (Å²) in [6, 6.07) is 13.1. The van der Waals surface area contributed by atoms with Gasteiger partial charge in [0.05, 0.1) is 5.69 Å². The van der Waals surface area contributed by atoms with E-state index in [1.54, 1.807) is 12.1 Å². The van der Waals surface area contributed by atoms with Gasteiger partial charge in [-0.1, -0.05) is 40.2 Å². The molecule has 6 heteroatoms. The van der Waals surface area contributed by atoms with Crippen LogP contribution in [0.4, 0.5) is 10.1 Å². The second kappa shape index (κ2) is 8.40. The summed E-state index contributed by atoms with van der Waals surface area (Å²) in [6.07, 6.45) is 1.76. The number of esters is 1. The number of carbonyl (C=O) groups excluding carboxylic acids is 2. The number of anilines is 1. The van der Waals surface area contributed by atoms with E-state index < -0.39 is 23.8 Å². The maximum absolute atomic E-state index is 13.5. The van der Waals surface area contributed by atoms with Gasteiger partial charge >= 0.3 is 5.97 Å². The molecule has 0 radical (unpaired) electrons. The number of halogens is 2. The van der Waals surface area contributed by atoms with E-state index in [2.05, 4.69) is 21.2 Å². The lowest BCUT2D eigenvalue weighted by Crippen LogP contribution is -2.29. The van der Waals surface area contributed by atoms with Crippen molar-refractivity contribution in [2.24, 2.45) is 0 Å². The van der Waals surface area contributed by atoms with Crippen LogP contribution in [0.3, 0.4) is 0 Å². The van der Waals surface area contributed by atoms with Crippen molar-refractivity contribution in [2.75, 3.05) is 5.32 Å². The molecule has 124 valence electrons. The molecule has 0 aliphatic heterocycles. The number of ether oxygens (including phenoxy) is 1. The molecule has 0 saturated carbocycles. The van der Waals surface area contributed by atoms with E-state index in [1.165, 1.54) is 31.2 Å². The first-order chi connectivity index (χ1) is 11.5. The number of benzene rings is 2. The number of para-hydroxylation sites is 1. The molecule has 1 N–H and O–H groups in total. The van der Waals surface area contributed by atoms with Crippen LogP contribution >= 0.6 is 15.9 Å². The van der Waals surface area contributed by atoms with Crippen LogP contribution in [0.1, 0.15) is 12.5 Å². The fourth-order valence-corrected chi connectivity index (χ4v) is 2.07. The highest BCUT2D eigenvalue weighted by Crippen LogP contribution is 2.14. The second-order valence-electron chi connectivity index (χ2n) is 4.93. The zero-order chi connectivity index (χ0) is 17.5. The lowest BCUT2D eigenvalue weighted by atomic mass is 10.2. The monoisotopic (exact) mass is 391 g/mol. The molecular formula is C18H15BrFNO3. The topological polar surface area (TPSA) is 55.4 Å². The maximum atomic E-state index is 13.5. The number of amides is 1. The van der Waals surface area contributed by atoms with Gasteiger partial charge in [0, 0.05) is 10.5 Å². The van der Waals surface area contributed by atoms with Gasteiger partial charge in [-0.3, -0.25) is 4.79 Å². The third-order valence-electron chi connectivity index (χ3n) is 3.08. The van der Waals surface area contributed by atoms with Crippen LogP contribution in [-0.2, 0) is 14.3 Å². The Bertz CT molecular complexity index is 759. The number of carbonyl (C=O) groups is 2. The molecule has 2 aromatic carbocycles. The maximum Gasteiger partial charge on any atom is 0.331 e. The molecule has 1 atom stereocenters. The lowest BCUT2D eigenvalue weighted by molar-refractivity contribution is -0.148. The first-order valence-corrected chi connectivity index (χ1v) is 7.94. The largest absolute Gasteiger partial charge is 0.449 e. The van der Waals surface area contributed by atoms with E-state index in [0.29, 0.717) is 0 Å². The van der Waals surface area contributed by atoms with Gasteiger partial charge in [-0.15, -0.1) is 0 Å². The van der Waals surface area contributed by atoms with Gasteiger partial charge in [0.25, 0.3) is 5.91 Å². The summed E-state index contributed by atoms with van der Waals surface area (Å²) in [6.45, 7) is 1.42. The van der Waals surface area contributed by atoms with E-state index >= 15 is 0 Å². The van der Waals surface area contributed by atoms with Crippen molar-refractivity contribution < 1.29 is 18.7 Å². The molecule has 0 unspecified atom stereocenters. The Morgan fingerprint density at radius 3 is 2.50 bits per heavy atom. The van der Waals surface area contributed by atoms with Gasteiger partial charge in [-0.2, -0.15) is 0 Å². The molecule has 2 aromatic rings. The zero-order valence-electron chi connectivity index (χ0n) is 12.8. The highest BCUT2D eigenvalue weighted by atomic mass is 79.9. The summed E-state index contributed by atoms with van der Waals surface area (Å²) in [5.41, 5.74) is 0.856. The summed E-state index contributed by atoms with van der Waals surface area (Å²) in [5, 5.41) is 2.37. The van der Waals surface area contributed by atoms with E-state index in [0.717, 1.165) is 10.0 Å². The summed E-state index contributed by atoms with van der Waals surface area (Å²) in [5.74, 6) is -1.82. The highest BCUT2D eigenvalue weighted by molar-refractivity contribution is 9.10. The Hall–Kier alpha value is -2.47. The predicted molar refractivity (Wildman–Crippen MR) is 93.8 cm³/mol. The average Bonchev–Trinajstić information content (AvgIpc) is 2.56. The first-order valence-electron chi connectivity index (χ1n) is 7.15. The Balaban J connectivity index is 1.90. The molecule has 24 heavy (non-hydrogen) atoms. The van der Waals surface area contributed by atoms with Gasteiger partial charge in [0.2, 0.25) is 0 Å². The SMILES string of the molecule is C[C@H](OC(=O)/C=C/c1ccc(Br)cc1)C(=O)Nc1ccccc1F. The van der Waals surface area contributed by atoms with E-state index in [9.17, 15) is 14.0 Å². The molecule has 0 bridgehead atoms. The number of hydrogen-bond donors (Lipinski definition) is 1. The van der Waals surface area contributed by atoms with Gasteiger partial charge in [-0.05, 0) is 42.8 Å². The van der Waals surface area contributed by atoms with Gasteiger partial charge in [0.15, 0.2) is 6.10 Å². The van der Waals surface area contributed by atoms with Crippen molar-refractivity contribution in [3.63, 3.8) is 0 Å². The van der Waals surface area contributed by atoms with E-state index in [1.807, 2.05) is 24.3 Å². The minimum absolute atomic E-state index is 0.0378. The van der Waals surface area contributed by atoms with Gasteiger partial charge in [0.1, 0.15) is 5.82 Å². The lowest BCUT2D eigenvalue weighted by Gasteiger charge is -2.12. The van der Waals surface area contributed by atoms with Crippen LogP contribution in [0.2, 0.25) is 0 Å². The van der Waals surface area contributed by atoms with Crippen molar-refractivity contribution in [1.29, 1.82) is 0 Å². The summed E-state index contributed by atoms with van der Waals surface area (Å²) >= 11 is 3.32. The Morgan fingerprint density at radius 1 is 1.17 bits per heavy atom. The number of hydrogen-bond acceptors (Lipinski definition) is 3. The molecule has 0 fully saturated rings. The minimum atomic E-state index is -1.05. The first kappa shape index (κ1) is 17.9. The molecule has 1 amide bonds. The van der Waals surface area contributed by atoms with Crippen molar-refractivity contribution >= 4 is 39.6 Å². The molecule has 0 aromatic heterocycles. The molecule has 0 aliphatic rings. The van der Waals surface area contributed by atoms with Gasteiger partial charge in [-0.25, -0.2) is 9.18 Å². The zero-order valence-corrected chi connectivity index (χ0v) is 14.4. The predicted octanol–water partition coefficient (Wildman–Crippen LogP) is 4.17. The van der Waals surface area contributed by atoms with Crippen molar-refractivity contribution in [3.05, 3.63) is 70.5 Å². The van der Waals surface area contributed by atoms with Gasteiger partial charge < -0.3 is 10.1 Å². The number of rotatable bonds is 5. The van der Waals surface area contributed by atoms with Crippen LogP contribution in [0, 0.1) is 5.82 Å². The van der Waals surface area contributed by atoms with Crippen LogP contribution in [-0.4, -0.2) is 18.0 Å². The van der Waals surface area contributed by atoms with Crippen LogP contribution in [0.15, 0.2) is 59.1 Å². The quantitative estimate of drug-likeness (QED) is 0.614. The van der Waals surface area contributed by atoms with Crippen molar-refractivity contribution in [1.82, 2.24) is 0 Å². The summed E-state index contributed by atoms with van der Waals surface area (Å²) in [7, 11) is 0. The fraction of sp³-hybridized carbons (Fsp3) is 0.111. The summed E-state index contributed by atoms with van der Waals surface area (Å²) < 4.78 is 19.4. The Labute approximate surface area is 147 Å². The number of nitrogens with one attached hydrogen (secondary N) is 1. The third-order valence-corrected chi connectivity index (χ3v) is 3.60. The van der Waals surface area contributed by atoms with Crippen molar-refractivity contribution in [3.8, 4) is 0 Å². The standard InChI is InChI=1S/C18H15BrFNO3/c1-12(18(23)21-16-5-3-2-4-15(16)20)24-17(22)11-8-13-6-9-14(19)10-7-13/h2-12H,1H3,(H,21,23)/b11-8+/t12-/m0/s1. The summed E-state index contributed by atoms with van der Waals surface area (Å²) in [4.78, 5) is 23.7. The van der Waals surface area contributed by atoms with Crippen LogP contribution in [0.25, 0.3) is 6.08 Å². The smallest absolute Gasteiger partial charge is 0.331 e. The van der Waals surface area contributed by atoms with Crippen molar-refractivity contribution in [2.45, 2.75) is 13.0 Å². The molecule has 0 aliphatic carbocycles. The molecule has 0 heterocycles. The van der Waals surface area contributed by atoms with Crippen LogP contribution < -0.4 is 5.32 Å². The average molecular weight is 392 g/mol. The van der Waals surface area contributed by atoms with E-state index in [4.69, 9.17) is 4.74 Å². The normalized spacial score (nSPS) is 12.0. The molecule has 4 nitrogen and oxygen atoms in total. The molecule has 2 rings (SSSR count). The third kappa shape index (κ3) is 5.31. The Morgan fingerprint density at radius 2 is 1.83 bits per heavy atom. The fourth-order valence-electron chi connectivity index (χ4n) is 1.80. The molecular weight excluding hydrogens is 377 g/mol. The molecule has 0 saturated heterocycles. The van der Waals surface area contributed by atoms with Crippen LogP contribution in [0.5, 0.6) is 0 Å². The Kier molecular flexibility index (Phi) is 6.26. The molecule has 0 spiro atoms. The minimum Gasteiger partial charge on any atom is -0.449 e.